The van der Waals surface area contributed by atoms with Crippen LogP contribution < -0.4 is 0 Å². The van der Waals surface area contributed by atoms with Crippen LogP contribution in [0.4, 0.5) is 0 Å². The third-order valence-electron chi connectivity index (χ3n) is 2.24. The molecule has 0 amide bonds. The van der Waals surface area contributed by atoms with E-state index in [9.17, 15) is 4.79 Å². The number of benzene rings is 1. The van der Waals surface area contributed by atoms with Gasteiger partial charge >= 0.3 is 5.97 Å². The summed E-state index contributed by atoms with van der Waals surface area (Å²) < 4.78 is 5.13. The summed E-state index contributed by atoms with van der Waals surface area (Å²) in [4.78, 5) is 11.6. The van der Waals surface area contributed by atoms with Gasteiger partial charge in [-0.05, 0) is 38.5 Å². The van der Waals surface area contributed by atoms with Crippen LogP contribution >= 0.6 is 11.8 Å². The summed E-state index contributed by atoms with van der Waals surface area (Å²) in [5.74, 6) is 0.510. The molecule has 0 heterocycles. The zero-order chi connectivity index (χ0) is 13.5. The van der Waals surface area contributed by atoms with Crippen LogP contribution in [0.2, 0.25) is 0 Å². The van der Waals surface area contributed by atoms with Crippen molar-refractivity contribution in [3.8, 4) is 6.07 Å². The van der Waals surface area contributed by atoms with E-state index in [4.69, 9.17) is 10.00 Å². The highest BCUT2D eigenvalue weighted by molar-refractivity contribution is 7.99. The highest BCUT2D eigenvalue weighted by atomic mass is 32.2. The molecule has 0 aliphatic heterocycles. The summed E-state index contributed by atoms with van der Waals surface area (Å²) >= 11 is 1.51. The van der Waals surface area contributed by atoms with Crippen molar-refractivity contribution in [2.45, 2.75) is 37.9 Å². The molecular formula is C14H17NO2S. The molecule has 0 bridgehead atoms. The predicted octanol–water partition coefficient (Wildman–Crippen LogP) is 3.13. The van der Waals surface area contributed by atoms with Crippen molar-refractivity contribution in [2.75, 3.05) is 0 Å². The maximum atomic E-state index is 11.6. The molecule has 96 valence electrons. The van der Waals surface area contributed by atoms with Gasteiger partial charge in [0.1, 0.15) is 0 Å². The Morgan fingerprint density at radius 2 is 2.17 bits per heavy atom. The summed E-state index contributed by atoms with van der Waals surface area (Å²) in [5.41, 5.74) is 1.69. The third kappa shape index (κ3) is 4.80. The first-order chi connectivity index (χ1) is 8.52. The number of ether oxygens (including phenoxy) is 1. The van der Waals surface area contributed by atoms with Gasteiger partial charge in [0.25, 0.3) is 0 Å². The van der Waals surface area contributed by atoms with Crippen LogP contribution in [-0.4, -0.2) is 17.3 Å². The molecule has 0 N–H and O–H groups in total. The minimum atomic E-state index is -0.196. The molecule has 0 aliphatic carbocycles. The van der Waals surface area contributed by atoms with Gasteiger partial charge in [-0.2, -0.15) is 5.26 Å². The molecule has 0 spiro atoms. The van der Waals surface area contributed by atoms with Gasteiger partial charge < -0.3 is 4.74 Å². The van der Waals surface area contributed by atoms with E-state index in [1.54, 1.807) is 6.07 Å². The zero-order valence-corrected chi connectivity index (χ0v) is 11.7. The fourth-order valence-corrected chi connectivity index (χ4v) is 2.16. The van der Waals surface area contributed by atoms with Gasteiger partial charge in [0.05, 0.1) is 23.0 Å². The second kappa shape index (κ2) is 7.07. The van der Waals surface area contributed by atoms with E-state index >= 15 is 0 Å². The molecule has 1 unspecified atom stereocenters. The van der Waals surface area contributed by atoms with Crippen molar-refractivity contribution in [1.82, 2.24) is 0 Å². The lowest BCUT2D eigenvalue weighted by atomic mass is 10.2. The molecule has 1 aromatic rings. The number of nitriles is 1. The molecule has 0 aromatic heterocycles. The van der Waals surface area contributed by atoms with Gasteiger partial charge in [-0.1, -0.05) is 12.1 Å². The number of carbonyl (C=O) groups excluding carboxylic acids is 1. The Morgan fingerprint density at radius 1 is 1.44 bits per heavy atom. The predicted molar refractivity (Wildman–Crippen MR) is 73.1 cm³/mol. The minimum absolute atomic E-state index is 0.0810. The van der Waals surface area contributed by atoms with E-state index in [1.165, 1.54) is 11.8 Å². The van der Waals surface area contributed by atoms with Gasteiger partial charge in [0, 0.05) is 5.75 Å². The fraction of sp³-hybridized carbons (Fsp3) is 0.429. The molecule has 1 rings (SSSR count). The van der Waals surface area contributed by atoms with Crippen LogP contribution in [0.1, 0.15) is 31.9 Å². The number of rotatable bonds is 5. The molecule has 1 atom stereocenters. The third-order valence-corrected chi connectivity index (χ3v) is 3.43. The second-order valence-corrected chi connectivity index (χ2v) is 5.58. The first-order valence-corrected chi connectivity index (χ1v) is 6.89. The summed E-state index contributed by atoms with van der Waals surface area (Å²) in [6.45, 7) is 5.51. The van der Waals surface area contributed by atoms with E-state index in [2.05, 4.69) is 6.07 Å². The van der Waals surface area contributed by atoms with Crippen LogP contribution in [0.5, 0.6) is 0 Å². The van der Waals surface area contributed by atoms with Crippen LogP contribution in [0.25, 0.3) is 0 Å². The van der Waals surface area contributed by atoms with Crippen LogP contribution in [0.3, 0.4) is 0 Å². The first-order valence-electron chi connectivity index (χ1n) is 5.84. The largest absolute Gasteiger partial charge is 0.462 e. The molecule has 0 saturated heterocycles. The highest BCUT2D eigenvalue weighted by Gasteiger charge is 2.16. The number of nitrogens with zero attached hydrogens (tertiary/aromatic N) is 1. The SMILES string of the molecule is CC(C)OC(=O)C(C)SCc1cccc(C#N)c1. The molecule has 0 aliphatic rings. The summed E-state index contributed by atoms with van der Waals surface area (Å²) in [6, 6.07) is 9.52. The van der Waals surface area contributed by atoms with Gasteiger partial charge in [-0.3, -0.25) is 4.79 Å². The fourth-order valence-electron chi connectivity index (χ4n) is 1.35. The van der Waals surface area contributed by atoms with Gasteiger partial charge in [0.2, 0.25) is 0 Å². The Balaban J connectivity index is 2.49. The molecule has 0 radical (unpaired) electrons. The van der Waals surface area contributed by atoms with Crippen molar-refractivity contribution >= 4 is 17.7 Å². The van der Waals surface area contributed by atoms with Crippen molar-refractivity contribution in [2.24, 2.45) is 0 Å². The molecular weight excluding hydrogens is 246 g/mol. The van der Waals surface area contributed by atoms with E-state index in [0.29, 0.717) is 11.3 Å². The minimum Gasteiger partial charge on any atom is -0.462 e. The molecule has 0 saturated carbocycles. The van der Waals surface area contributed by atoms with Gasteiger partial charge in [0.15, 0.2) is 0 Å². The number of hydrogen-bond donors (Lipinski definition) is 0. The van der Waals surface area contributed by atoms with E-state index in [-0.39, 0.29) is 17.3 Å². The lowest BCUT2D eigenvalue weighted by molar-refractivity contribution is -0.146. The quantitative estimate of drug-likeness (QED) is 0.766. The number of thioether (sulfide) groups is 1. The van der Waals surface area contributed by atoms with Gasteiger partial charge in [-0.15, -0.1) is 11.8 Å². The topological polar surface area (TPSA) is 50.1 Å². The molecule has 18 heavy (non-hydrogen) atoms. The van der Waals surface area contributed by atoms with Crippen LogP contribution in [0.15, 0.2) is 24.3 Å². The Labute approximate surface area is 112 Å². The highest BCUT2D eigenvalue weighted by Crippen LogP contribution is 2.19. The molecule has 1 aromatic carbocycles. The zero-order valence-electron chi connectivity index (χ0n) is 10.8. The van der Waals surface area contributed by atoms with E-state index in [1.807, 2.05) is 39.0 Å². The normalized spacial score (nSPS) is 11.9. The number of carbonyl (C=O) groups is 1. The smallest absolute Gasteiger partial charge is 0.319 e. The molecule has 4 heteroatoms. The Morgan fingerprint density at radius 3 is 2.78 bits per heavy atom. The molecule has 0 fully saturated rings. The van der Waals surface area contributed by atoms with E-state index in [0.717, 1.165) is 5.56 Å². The maximum absolute atomic E-state index is 11.6. The monoisotopic (exact) mass is 263 g/mol. The van der Waals surface area contributed by atoms with Crippen molar-refractivity contribution in [3.63, 3.8) is 0 Å². The Bertz CT molecular complexity index is 451. The Kier molecular flexibility index (Phi) is 5.73. The molecule has 3 nitrogen and oxygen atoms in total. The standard InChI is InChI=1S/C14H17NO2S/c1-10(2)17-14(16)11(3)18-9-13-6-4-5-12(7-13)8-15/h4-7,10-11H,9H2,1-3H3. The van der Waals surface area contributed by atoms with Crippen molar-refractivity contribution in [1.29, 1.82) is 5.26 Å². The maximum Gasteiger partial charge on any atom is 0.319 e. The van der Waals surface area contributed by atoms with Crippen LogP contribution in [0, 0.1) is 11.3 Å². The Hall–Kier alpha value is -1.47. The van der Waals surface area contributed by atoms with Crippen LogP contribution in [-0.2, 0) is 15.3 Å². The summed E-state index contributed by atoms with van der Waals surface area (Å²) in [5, 5.41) is 8.60. The lowest BCUT2D eigenvalue weighted by Crippen LogP contribution is -2.20. The summed E-state index contributed by atoms with van der Waals surface area (Å²) in [6.07, 6.45) is -0.0810. The van der Waals surface area contributed by atoms with Crippen molar-refractivity contribution < 1.29 is 9.53 Å². The first kappa shape index (κ1) is 14.6. The average molecular weight is 263 g/mol. The number of esters is 1. The lowest BCUT2D eigenvalue weighted by Gasteiger charge is -2.13. The number of hydrogen-bond acceptors (Lipinski definition) is 4. The average Bonchev–Trinajstić information content (AvgIpc) is 2.35. The summed E-state index contributed by atoms with van der Waals surface area (Å²) in [7, 11) is 0. The van der Waals surface area contributed by atoms with E-state index < -0.39 is 0 Å². The second-order valence-electron chi connectivity index (χ2n) is 4.25. The van der Waals surface area contributed by atoms with Crippen molar-refractivity contribution in [3.05, 3.63) is 35.4 Å². The van der Waals surface area contributed by atoms with Gasteiger partial charge in [-0.25, -0.2) is 0 Å².